The number of allylic oxidation sites excluding steroid dienone is 2. The molecule has 1 heterocycles. The first kappa shape index (κ1) is 17.0. The van der Waals surface area contributed by atoms with Crippen molar-refractivity contribution >= 4 is 17.5 Å². The van der Waals surface area contributed by atoms with Crippen LogP contribution in [0, 0.1) is 17.8 Å². The lowest BCUT2D eigenvalue weighted by Gasteiger charge is -2.18. The van der Waals surface area contributed by atoms with E-state index in [0.29, 0.717) is 35.0 Å². The number of halogens is 1. The predicted octanol–water partition coefficient (Wildman–Crippen LogP) is 2.89. The molecule has 2 bridgehead atoms. The van der Waals surface area contributed by atoms with Crippen LogP contribution in [0.15, 0.2) is 53.3 Å². The Bertz CT molecular complexity index is 904. The number of hydrogen-bond acceptors (Lipinski definition) is 3. The minimum Gasteiger partial charge on any atom is -0.354 e. The van der Waals surface area contributed by atoms with Gasteiger partial charge in [0, 0.05) is 23.2 Å². The molecule has 1 N–H and O–H groups in total. The third kappa shape index (κ3) is 3.58. The molecule has 2 aliphatic rings. The second kappa shape index (κ2) is 7.08. The Morgan fingerprint density at radius 1 is 1.15 bits per heavy atom. The van der Waals surface area contributed by atoms with E-state index in [-0.39, 0.29) is 18.0 Å². The predicted molar refractivity (Wildman–Crippen MR) is 101 cm³/mol. The number of nitrogens with zero attached hydrogens (tertiary/aromatic N) is 2. The zero-order valence-corrected chi connectivity index (χ0v) is 15.0. The van der Waals surface area contributed by atoms with Crippen LogP contribution in [0.2, 0.25) is 5.02 Å². The normalized spacial score (nSPS) is 23.3. The molecule has 1 saturated carbocycles. The fourth-order valence-electron chi connectivity index (χ4n) is 3.90. The van der Waals surface area contributed by atoms with Crippen LogP contribution < -0.4 is 10.9 Å². The Hall–Kier alpha value is -2.40. The van der Waals surface area contributed by atoms with E-state index in [2.05, 4.69) is 22.6 Å². The van der Waals surface area contributed by atoms with Crippen LogP contribution in [-0.2, 0) is 11.3 Å². The molecule has 1 amide bonds. The molecule has 1 fully saturated rings. The minimum absolute atomic E-state index is 0.0725. The van der Waals surface area contributed by atoms with Crippen LogP contribution in [-0.4, -0.2) is 22.2 Å². The Morgan fingerprint density at radius 2 is 1.96 bits per heavy atom. The SMILES string of the molecule is O=C(Cn1nc(-c2ccc(Cl)cc2)ccc1=O)NC[C@H]1C[C@@H]2C=C[C@@H]1C2. The Morgan fingerprint density at radius 3 is 2.65 bits per heavy atom. The number of carbonyl (C=O) groups excluding carboxylic acids is 1. The van der Waals surface area contributed by atoms with Crippen molar-refractivity contribution in [1.29, 1.82) is 0 Å². The summed E-state index contributed by atoms with van der Waals surface area (Å²) in [4.78, 5) is 24.3. The number of fused-ring (bicyclic) bond motifs is 2. The van der Waals surface area contributed by atoms with E-state index in [1.54, 1.807) is 18.2 Å². The molecule has 0 unspecified atom stereocenters. The summed E-state index contributed by atoms with van der Waals surface area (Å²) < 4.78 is 1.21. The summed E-state index contributed by atoms with van der Waals surface area (Å²) in [6, 6.07) is 10.3. The molecular formula is C20H20ClN3O2. The van der Waals surface area contributed by atoms with Crippen LogP contribution in [0.1, 0.15) is 12.8 Å². The fourth-order valence-corrected chi connectivity index (χ4v) is 4.03. The van der Waals surface area contributed by atoms with Crippen molar-refractivity contribution in [1.82, 2.24) is 15.1 Å². The van der Waals surface area contributed by atoms with Gasteiger partial charge in [-0.25, -0.2) is 4.68 Å². The van der Waals surface area contributed by atoms with Gasteiger partial charge in [-0.15, -0.1) is 0 Å². The molecule has 2 aromatic rings. The maximum Gasteiger partial charge on any atom is 0.267 e. The van der Waals surface area contributed by atoms with Gasteiger partial charge in [-0.3, -0.25) is 9.59 Å². The molecule has 1 aromatic carbocycles. The van der Waals surface area contributed by atoms with Gasteiger partial charge in [0.25, 0.3) is 5.56 Å². The van der Waals surface area contributed by atoms with Crippen molar-refractivity contribution in [3.05, 3.63) is 63.9 Å². The monoisotopic (exact) mass is 369 g/mol. The lowest BCUT2D eigenvalue weighted by atomic mass is 9.94. The molecular weight excluding hydrogens is 350 g/mol. The van der Waals surface area contributed by atoms with Crippen LogP contribution >= 0.6 is 11.6 Å². The zero-order chi connectivity index (χ0) is 18.1. The lowest BCUT2D eigenvalue weighted by molar-refractivity contribution is -0.122. The largest absolute Gasteiger partial charge is 0.354 e. The Balaban J connectivity index is 1.41. The van der Waals surface area contributed by atoms with E-state index in [0.717, 1.165) is 12.0 Å². The number of carbonyl (C=O) groups is 1. The molecule has 0 spiro atoms. The standard InChI is InChI=1S/C20H20ClN3O2/c21-17-5-3-14(4-6-17)18-7-8-20(26)24(23-18)12-19(25)22-11-16-10-13-1-2-15(16)9-13/h1-8,13,15-16H,9-12H2,(H,22,25)/t13-,15-,16-/m1/s1. The third-order valence-electron chi connectivity index (χ3n) is 5.28. The maximum absolute atomic E-state index is 12.3. The quantitative estimate of drug-likeness (QED) is 0.824. The van der Waals surface area contributed by atoms with E-state index in [4.69, 9.17) is 11.6 Å². The molecule has 134 valence electrons. The van der Waals surface area contributed by atoms with Crippen molar-refractivity contribution in [2.75, 3.05) is 6.54 Å². The van der Waals surface area contributed by atoms with E-state index < -0.39 is 0 Å². The first-order valence-electron chi connectivity index (χ1n) is 8.87. The zero-order valence-electron chi connectivity index (χ0n) is 14.3. The van der Waals surface area contributed by atoms with Gasteiger partial charge in [0.2, 0.25) is 5.91 Å². The second-order valence-electron chi connectivity index (χ2n) is 7.07. The number of nitrogens with one attached hydrogen (secondary N) is 1. The summed E-state index contributed by atoms with van der Waals surface area (Å²) in [5, 5.41) is 7.92. The van der Waals surface area contributed by atoms with Gasteiger partial charge in [-0.2, -0.15) is 5.10 Å². The van der Waals surface area contributed by atoms with Crippen molar-refractivity contribution in [2.45, 2.75) is 19.4 Å². The highest BCUT2D eigenvalue weighted by Gasteiger charge is 2.35. The first-order chi connectivity index (χ1) is 12.6. The number of aromatic nitrogens is 2. The molecule has 4 rings (SSSR count). The average Bonchev–Trinajstić information content (AvgIpc) is 3.26. The van der Waals surface area contributed by atoms with Crippen molar-refractivity contribution < 1.29 is 4.79 Å². The molecule has 0 radical (unpaired) electrons. The summed E-state index contributed by atoms with van der Waals surface area (Å²) in [5.41, 5.74) is 1.19. The summed E-state index contributed by atoms with van der Waals surface area (Å²) in [6.07, 6.45) is 6.91. The van der Waals surface area contributed by atoms with Crippen LogP contribution in [0.4, 0.5) is 0 Å². The summed E-state index contributed by atoms with van der Waals surface area (Å²) in [7, 11) is 0. The summed E-state index contributed by atoms with van der Waals surface area (Å²) >= 11 is 5.90. The highest BCUT2D eigenvalue weighted by molar-refractivity contribution is 6.30. The number of hydrogen-bond donors (Lipinski definition) is 1. The smallest absolute Gasteiger partial charge is 0.267 e. The van der Waals surface area contributed by atoms with Crippen LogP contribution in [0.3, 0.4) is 0 Å². The van der Waals surface area contributed by atoms with Crippen molar-refractivity contribution in [3.63, 3.8) is 0 Å². The Labute approximate surface area is 156 Å². The maximum atomic E-state index is 12.3. The van der Waals surface area contributed by atoms with Crippen molar-refractivity contribution in [2.24, 2.45) is 17.8 Å². The molecule has 2 aliphatic carbocycles. The molecule has 1 aromatic heterocycles. The molecule has 5 nitrogen and oxygen atoms in total. The number of rotatable bonds is 5. The molecule has 0 aliphatic heterocycles. The van der Waals surface area contributed by atoms with E-state index in [1.807, 2.05) is 12.1 Å². The van der Waals surface area contributed by atoms with Crippen LogP contribution in [0.25, 0.3) is 11.3 Å². The topological polar surface area (TPSA) is 64.0 Å². The van der Waals surface area contributed by atoms with E-state index in [9.17, 15) is 9.59 Å². The van der Waals surface area contributed by atoms with Gasteiger partial charge in [-0.05, 0) is 48.8 Å². The van der Waals surface area contributed by atoms with E-state index in [1.165, 1.54) is 17.2 Å². The Kier molecular flexibility index (Phi) is 4.64. The van der Waals surface area contributed by atoms with Crippen LogP contribution in [0.5, 0.6) is 0 Å². The minimum atomic E-state index is -0.291. The third-order valence-corrected chi connectivity index (χ3v) is 5.53. The molecule has 3 atom stereocenters. The van der Waals surface area contributed by atoms with E-state index >= 15 is 0 Å². The molecule has 26 heavy (non-hydrogen) atoms. The van der Waals surface area contributed by atoms with Gasteiger partial charge in [-0.1, -0.05) is 35.9 Å². The lowest BCUT2D eigenvalue weighted by Crippen LogP contribution is -2.36. The highest BCUT2D eigenvalue weighted by atomic mass is 35.5. The van der Waals surface area contributed by atoms with Gasteiger partial charge >= 0.3 is 0 Å². The number of amides is 1. The summed E-state index contributed by atoms with van der Waals surface area (Å²) in [6.45, 7) is 0.590. The highest BCUT2D eigenvalue weighted by Crippen LogP contribution is 2.42. The summed E-state index contributed by atoms with van der Waals surface area (Å²) in [5.74, 6) is 1.61. The molecule has 6 heteroatoms. The van der Waals surface area contributed by atoms with Gasteiger partial charge in [0.15, 0.2) is 0 Å². The van der Waals surface area contributed by atoms with Gasteiger partial charge in [0.1, 0.15) is 6.54 Å². The number of benzene rings is 1. The van der Waals surface area contributed by atoms with Gasteiger partial charge in [0.05, 0.1) is 5.69 Å². The first-order valence-corrected chi connectivity index (χ1v) is 9.25. The fraction of sp³-hybridized carbons (Fsp3) is 0.350. The molecule has 0 saturated heterocycles. The van der Waals surface area contributed by atoms with Crippen molar-refractivity contribution in [3.8, 4) is 11.3 Å². The average molecular weight is 370 g/mol. The second-order valence-corrected chi connectivity index (χ2v) is 7.50. The van der Waals surface area contributed by atoms with Gasteiger partial charge < -0.3 is 5.32 Å².